The van der Waals surface area contributed by atoms with Crippen LogP contribution in [0, 0.1) is 0 Å². The Morgan fingerprint density at radius 1 is 1.41 bits per heavy atom. The first-order valence-electron chi connectivity index (χ1n) is 5.37. The lowest BCUT2D eigenvalue weighted by molar-refractivity contribution is -0.128. The van der Waals surface area contributed by atoms with E-state index in [1.807, 2.05) is 6.92 Å². The average Bonchev–Trinajstić information content (AvgIpc) is 2.29. The summed E-state index contributed by atoms with van der Waals surface area (Å²) in [6.07, 6.45) is -1.18. The third kappa shape index (κ3) is 5.06. The molecule has 1 rings (SSSR count). The van der Waals surface area contributed by atoms with Crippen LogP contribution in [0.4, 0.5) is 0 Å². The van der Waals surface area contributed by atoms with Crippen LogP contribution in [0.3, 0.4) is 0 Å². The lowest BCUT2D eigenvalue weighted by Gasteiger charge is -2.16. The molecular formula is C12H16ClNO3. The van der Waals surface area contributed by atoms with Crippen LogP contribution in [0.15, 0.2) is 24.3 Å². The molecule has 0 aliphatic carbocycles. The van der Waals surface area contributed by atoms with E-state index in [2.05, 4.69) is 5.32 Å². The monoisotopic (exact) mass is 257 g/mol. The van der Waals surface area contributed by atoms with Crippen molar-refractivity contribution in [2.24, 2.45) is 0 Å². The minimum absolute atomic E-state index is 0.182. The first-order chi connectivity index (χ1) is 7.99. The van der Waals surface area contributed by atoms with Gasteiger partial charge in [0, 0.05) is 5.02 Å². The molecule has 0 radical (unpaired) electrons. The fourth-order valence-electron chi connectivity index (χ4n) is 1.18. The molecule has 0 bridgehead atoms. The van der Waals surface area contributed by atoms with Gasteiger partial charge in [-0.3, -0.25) is 4.79 Å². The van der Waals surface area contributed by atoms with Crippen molar-refractivity contribution in [1.29, 1.82) is 0 Å². The van der Waals surface area contributed by atoms with Crippen LogP contribution in [-0.4, -0.2) is 29.8 Å². The number of ether oxygens (including phenoxy) is 1. The summed E-state index contributed by atoms with van der Waals surface area (Å²) in [6, 6.07) is 6.99. The molecule has 0 saturated carbocycles. The first kappa shape index (κ1) is 13.8. The molecule has 1 aromatic carbocycles. The van der Waals surface area contributed by atoms with Crippen molar-refractivity contribution >= 4 is 17.5 Å². The van der Waals surface area contributed by atoms with Crippen molar-refractivity contribution in [3.05, 3.63) is 29.3 Å². The summed E-state index contributed by atoms with van der Waals surface area (Å²) in [5.74, 6) is 0.282. The molecule has 2 unspecified atom stereocenters. The molecule has 1 aromatic rings. The number of benzene rings is 1. The summed E-state index contributed by atoms with van der Waals surface area (Å²) in [5, 5.41) is 12.2. The van der Waals surface area contributed by atoms with Crippen LogP contribution in [0.5, 0.6) is 5.75 Å². The predicted molar refractivity (Wildman–Crippen MR) is 66.2 cm³/mol. The summed E-state index contributed by atoms with van der Waals surface area (Å²) in [4.78, 5) is 11.1. The number of halogens is 1. The predicted octanol–water partition coefficient (Wildman–Crippen LogP) is 1.60. The van der Waals surface area contributed by atoms with E-state index >= 15 is 0 Å². The Bertz CT molecular complexity index is 365. The molecule has 0 aromatic heterocycles. The van der Waals surface area contributed by atoms with Crippen LogP contribution < -0.4 is 10.1 Å². The van der Waals surface area contributed by atoms with Crippen molar-refractivity contribution in [2.75, 3.05) is 6.54 Å². The van der Waals surface area contributed by atoms with E-state index < -0.39 is 12.0 Å². The summed E-state index contributed by atoms with van der Waals surface area (Å²) in [5.41, 5.74) is 0. The number of carbonyl (C=O) groups is 1. The highest BCUT2D eigenvalue weighted by molar-refractivity contribution is 6.30. The van der Waals surface area contributed by atoms with Crippen molar-refractivity contribution in [3.63, 3.8) is 0 Å². The molecule has 2 N–H and O–H groups in total. The lowest BCUT2D eigenvalue weighted by atomic mass is 10.3. The van der Waals surface area contributed by atoms with E-state index in [1.165, 1.54) is 6.92 Å². The maximum absolute atomic E-state index is 11.1. The van der Waals surface area contributed by atoms with Crippen molar-refractivity contribution in [2.45, 2.75) is 26.1 Å². The Morgan fingerprint density at radius 2 is 2.00 bits per heavy atom. The molecule has 4 nitrogen and oxygen atoms in total. The van der Waals surface area contributed by atoms with Gasteiger partial charge in [-0.2, -0.15) is 0 Å². The van der Waals surface area contributed by atoms with Gasteiger partial charge in [-0.25, -0.2) is 0 Å². The zero-order valence-electron chi connectivity index (χ0n) is 9.81. The van der Waals surface area contributed by atoms with Crippen LogP contribution in [0.25, 0.3) is 0 Å². The maximum atomic E-state index is 11.1. The van der Waals surface area contributed by atoms with E-state index in [1.54, 1.807) is 24.3 Å². The highest BCUT2D eigenvalue weighted by atomic mass is 35.5. The van der Waals surface area contributed by atoms with Gasteiger partial charge in [0.15, 0.2) is 0 Å². The number of aliphatic hydroxyl groups excluding tert-OH is 1. The normalized spacial score (nSPS) is 13.9. The molecule has 17 heavy (non-hydrogen) atoms. The van der Waals surface area contributed by atoms with E-state index in [-0.39, 0.29) is 6.10 Å². The quantitative estimate of drug-likeness (QED) is 0.843. The number of carbonyl (C=O) groups excluding carboxylic acids is 1. The van der Waals surface area contributed by atoms with Crippen molar-refractivity contribution in [3.8, 4) is 5.75 Å². The van der Waals surface area contributed by atoms with E-state index in [4.69, 9.17) is 21.4 Å². The van der Waals surface area contributed by atoms with Gasteiger partial charge in [0.2, 0.25) is 5.91 Å². The van der Waals surface area contributed by atoms with Gasteiger partial charge in [-0.1, -0.05) is 11.6 Å². The third-order valence-electron chi connectivity index (χ3n) is 2.09. The topological polar surface area (TPSA) is 58.6 Å². The Hall–Kier alpha value is -1.26. The lowest BCUT2D eigenvalue weighted by Crippen LogP contribution is -2.38. The van der Waals surface area contributed by atoms with Crippen LogP contribution in [-0.2, 0) is 4.79 Å². The zero-order chi connectivity index (χ0) is 12.8. The molecule has 2 atom stereocenters. The largest absolute Gasteiger partial charge is 0.489 e. The first-order valence-corrected chi connectivity index (χ1v) is 5.75. The molecule has 0 saturated heterocycles. The molecule has 0 heterocycles. The number of rotatable bonds is 5. The van der Waals surface area contributed by atoms with E-state index in [9.17, 15) is 4.79 Å². The fourth-order valence-corrected chi connectivity index (χ4v) is 1.31. The molecular weight excluding hydrogens is 242 g/mol. The van der Waals surface area contributed by atoms with Crippen LogP contribution in [0.1, 0.15) is 13.8 Å². The Balaban J connectivity index is 2.37. The van der Waals surface area contributed by atoms with Gasteiger partial charge in [-0.05, 0) is 38.1 Å². The second-order valence-electron chi connectivity index (χ2n) is 3.80. The summed E-state index contributed by atoms with van der Waals surface area (Å²) in [7, 11) is 0. The third-order valence-corrected chi connectivity index (χ3v) is 2.35. The van der Waals surface area contributed by atoms with E-state index in [0.717, 1.165) is 0 Å². The van der Waals surface area contributed by atoms with Gasteiger partial charge >= 0.3 is 0 Å². The van der Waals surface area contributed by atoms with Crippen LogP contribution in [0.2, 0.25) is 5.02 Å². The standard InChI is InChI=1S/C12H16ClNO3/c1-8(7-14-12(16)9(2)15)17-11-5-3-10(13)4-6-11/h3-6,8-9,15H,7H2,1-2H3,(H,14,16). The van der Waals surface area contributed by atoms with Crippen molar-refractivity contribution < 1.29 is 14.6 Å². The highest BCUT2D eigenvalue weighted by Gasteiger charge is 2.10. The molecule has 0 aliphatic heterocycles. The summed E-state index contributed by atoms with van der Waals surface area (Å²) >= 11 is 5.75. The van der Waals surface area contributed by atoms with E-state index in [0.29, 0.717) is 17.3 Å². The molecule has 0 fully saturated rings. The minimum atomic E-state index is -1.00. The number of amides is 1. The Kier molecular flexibility index (Phi) is 5.25. The number of nitrogens with one attached hydrogen (secondary N) is 1. The highest BCUT2D eigenvalue weighted by Crippen LogP contribution is 2.16. The van der Waals surface area contributed by atoms with Gasteiger partial charge in [0.1, 0.15) is 18.0 Å². The average molecular weight is 258 g/mol. The number of hydrogen-bond acceptors (Lipinski definition) is 3. The second-order valence-corrected chi connectivity index (χ2v) is 4.24. The zero-order valence-corrected chi connectivity index (χ0v) is 10.6. The summed E-state index contributed by atoms with van der Waals surface area (Å²) in [6.45, 7) is 3.59. The second kappa shape index (κ2) is 6.47. The van der Waals surface area contributed by atoms with Gasteiger partial charge in [-0.15, -0.1) is 0 Å². The van der Waals surface area contributed by atoms with Crippen LogP contribution >= 0.6 is 11.6 Å². The number of hydrogen-bond donors (Lipinski definition) is 2. The molecule has 5 heteroatoms. The van der Waals surface area contributed by atoms with Gasteiger partial charge < -0.3 is 15.2 Å². The molecule has 0 spiro atoms. The maximum Gasteiger partial charge on any atom is 0.248 e. The smallest absolute Gasteiger partial charge is 0.248 e. The molecule has 0 aliphatic rings. The van der Waals surface area contributed by atoms with Crippen molar-refractivity contribution in [1.82, 2.24) is 5.32 Å². The fraction of sp³-hybridized carbons (Fsp3) is 0.417. The van der Waals surface area contributed by atoms with Gasteiger partial charge in [0.05, 0.1) is 6.54 Å². The Labute approximate surface area is 106 Å². The molecule has 1 amide bonds. The Morgan fingerprint density at radius 3 is 2.53 bits per heavy atom. The number of aliphatic hydroxyl groups is 1. The summed E-state index contributed by atoms with van der Waals surface area (Å²) < 4.78 is 5.54. The minimum Gasteiger partial charge on any atom is -0.489 e. The van der Waals surface area contributed by atoms with Gasteiger partial charge in [0.25, 0.3) is 0 Å². The molecule has 94 valence electrons. The SMILES string of the molecule is CC(CNC(=O)C(C)O)Oc1ccc(Cl)cc1.